The van der Waals surface area contributed by atoms with E-state index in [0.717, 1.165) is 19.0 Å². The summed E-state index contributed by atoms with van der Waals surface area (Å²) in [5.74, 6) is 0.809. The van der Waals surface area contributed by atoms with Crippen molar-refractivity contribution in [2.75, 3.05) is 13.1 Å². The van der Waals surface area contributed by atoms with Crippen LogP contribution in [0.3, 0.4) is 0 Å². The average Bonchev–Trinajstić information content (AvgIpc) is 2.98. The molecule has 2 aliphatic rings. The molecule has 2 heterocycles. The Balaban J connectivity index is 1.90. The summed E-state index contributed by atoms with van der Waals surface area (Å²) in [5.41, 5.74) is 1.80. The highest BCUT2D eigenvalue weighted by molar-refractivity contribution is 5.17. The highest BCUT2D eigenvalue weighted by Crippen LogP contribution is 2.40. The van der Waals surface area contributed by atoms with E-state index in [1.54, 1.807) is 0 Å². The van der Waals surface area contributed by atoms with E-state index in [9.17, 15) is 0 Å². The van der Waals surface area contributed by atoms with Crippen molar-refractivity contribution in [2.45, 2.75) is 57.4 Å². The molecular weight excluding hydrogens is 222 g/mol. The first kappa shape index (κ1) is 12.2. The van der Waals surface area contributed by atoms with Crippen molar-refractivity contribution in [1.82, 2.24) is 14.9 Å². The SMILES string of the molecule is CC1CCCC1n1cncc1C1(C)CCNCC1. The predicted octanol–water partition coefficient (Wildman–Crippen LogP) is 2.89. The molecule has 1 N–H and O–H groups in total. The van der Waals surface area contributed by atoms with Crippen LogP contribution in [0.2, 0.25) is 0 Å². The van der Waals surface area contributed by atoms with Crippen molar-refractivity contribution >= 4 is 0 Å². The Morgan fingerprint density at radius 2 is 2.11 bits per heavy atom. The molecule has 3 heteroatoms. The Morgan fingerprint density at radius 1 is 1.33 bits per heavy atom. The molecule has 0 amide bonds. The average molecular weight is 247 g/mol. The minimum Gasteiger partial charge on any atom is -0.331 e. The number of rotatable bonds is 2. The van der Waals surface area contributed by atoms with Crippen LogP contribution in [0.25, 0.3) is 0 Å². The fourth-order valence-corrected chi connectivity index (χ4v) is 3.81. The van der Waals surface area contributed by atoms with Gasteiger partial charge in [-0.25, -0.2) is 4.98 Å². The Morgan fingerprint density at radius 3 is 2.78 bits per heavy atom. The highest BCUT2D eigenvalue weighted by atomic mass is 15.1. The van der Waals surface area contributed by atoms with Gasteiger partial charge in [0.15, 0.2) is 0 Å². The first-order valence-electron chi connectivity index (χ1n) is 7.44. The molecule has 1 aliphatic heterocycles. The van der Waals surface area contributed by atoms with E-state index in [-0.39, 0.29) is 0 Å². The number of nitrogens with zero attached hydrogens (tertiary/aromatic N) is 2. The number of hydrogen-bond acceptors (Lipinski definition) is 2. The van der Waals surface area contributed by atoms with E-state index in [1.165, 1.54) is 37.8 Å². The van der Waals surface area contributed by atoms with Crippen LogP contribution < -0.4 is 5.32 Å². The van der Waals surface area contributed by atoms with Crippen molar-refractivity contribution in [3.8, 4) is 0 Å². The van der Waals surface area contributed by atoms with E-state index < -0.39 is 0 Å². The summed E-state index contributed by atoms with van der Waals surface area (Å²) < 4.78 is 2.50. The summed E-state index contributed by atoms with van der Waals surface area (Å²) in [6.07, 6.45) is 10.8. The zero-order valence-corrected chi connectivity index (χ0v) is 11.7. The zero-order valence-electron chi connectivity index (χ0n) is 11.7. The Labute approximate surface area is 110 Å². The molecule has 2 atom stereocenters. The molecule has 3 nitrogen and oxygen atoms in total. The zero-order chi connectivity index (χ0) is 12.6. The third-order valence-electron chi connectivity index (χ3n) is 5.17. The first-order chi connectivity index (χ1) is 8.71. The van der Waals surface area contributed by atoms with Crippen LogP contribution in [0.1, 0.15) is 57.7 Å². The molecule has 3 rings (SSSR count). The van der Waals surface area contributed by atoms with Crippen molar-refractivity contribution in [1.29, 1.82) is 0 Å². The highest BCUT2D eigenvalue weighted by Gasteiger charge is 2.35. The van der Waals surface area contributed by atoms with Crippen molar-refractivity contribution < 1.29 is 0 Å². The lowest BCUT2D eigenvalue weighted by molar-refractivity contribution is 0.296. The molecule has 1 aromatic rings. The van der Waals surface area contributed by atoms with E-state index in [4.69, 9.17) is 0 Å². The summed E-state index contributed by atoms with van der Waals surface area (Å²) in [7, 11) is 0. The fraction of sp³-hybridized carbons (Fsp3) is 0.800. The van der Waals surface area contributed by atoms with Gasteiger partial charge in [-0.2, -0.15) is 0 Å². The molecule has 1 saturated carbocycles. The van der Waals surface area contributed by atoms with Gasteiger partial charge in [0.2, 0.25) is 0 Å². The van der Waals surface area contributed by atoms with Crippen LogP contribution >= 0.6 is 0 Å². The molecule has 1 aromatic heterocycles. The standard InChI is InChI=1S/C15H25N3/c1-12-4-3-5-13(12)18-11-17-10-14(18)15(2)6-8-16-9-7-15/h10-13,16H,3-9H2,1-2H3. The number of imidazole rings is 1. The van der Waals surface area contributed by atoms with Gasteiger partial charge in [0.25, 0.3) is 0 Å². The van der Waals surface area contributed by atoms with Gasteiger partial charge in [0.05, 0.1) is 6.33 Å². The van der Waals surface area contributed by atoms with Crippen LogP contribution in [0.5, 0.6) is 0 Å². The fourth-order valence-electron chi connectivity index (χ4n) is 3.81. The maximum atomic E-state index is 4.46. The number of aromatic nitrogens is 2. The van der Waals surface area contributed by atoms with E-state index in [1.807, 2.05) is 0 Å². The summed E-state index contributed by atoms with van der Waals surface area (Å²) >= 11 is 0. The van der Waals surface area contributed by atoms with Crippen molar-refractivity contribution in [3.05, 3.63) is 18.2 Å². The lowest BCUT2D eigenvalue weighted by atomic mass is 9.78. The molecule has 1 saturated heterocycles. The van der Waals surface area contributed by atoms with Gasteiger partial charge in [-0.3, -0.25) is 0 Å². The summed E-state index contributed by atoms with van der Waals surface area (Å²) in [5, 5.41) is 3.47. The van der Waals surface area contributed by atoms with Gasteiger partial charge in [0.1, 0.15) is 0 Å². The van der Waals surface area contributed by atoms with E-state index in [2.05, 4.69) is 41.2 Å². The lowest BCUT2D eigenvalue weighted by Gasteiger charge is -2.36. The Bertz CT molecular complexity index is 404. The van der Waals surface area contributed by atoms with Gasteiger partial charge in [0, 0.05) is 23.3 Å². The monoisotopic (exact) mass is 247 g/mol. The number of nitrogens with one attached hydrogen (secondary N) is 1. The summed E-state index contributed by atoms with van der Waals surface area (Å²) in [4.78, 5) is 4.46. The molecule has 2 fully saturated rings. The third-order valence-corrected chi connectivity index (χ3v) is 5.17. The lowest BCUT2D eigenvalue weighted by Crippen LogP contribution is -2.39. The second kappa shape index (κ2) is 4.69. The molecule has 0 bridgehead atoms. The number of piperidine rings is 1. The molecule has 0 aromatic carbocycles. The predicted molar refractivity (Wildman–Crippen MR) is 73.7 cm³/mol. The molecular formula is C15H25N3. The summed E-state index contributed by atoms with van der Waals surface area (Å²) in [6.45, 7) is 7.09. The van der Waals surface area contributed by atoms with Gasteiger partial charge < -0.3 is 9.88 Å². The second-order valence-electron chi connectivity index (χ2n) is 6.47. The van der Waals surface area contributed by atoms with Crippen LogP contribution in [0.15, 0.2) is 12.5 Å². The Hall–Kier alpha value is -0.830. The molecule has 0 radical (unpaired) electrons. The van der Waals surface area contributed by atoms with Crippen LogP contribution in [-0.2, 0) is 5.41 Å². The van der Waals surface area contributed by atoms with Crippen LogP contribution in [-0.4, -0.2) is 22.6 Å². The molecule has 18 heavy (non-hydrogen) atoms. The smallest absolute Gasteiger partial charge is 0.0951 e. The maximum Gasteiger partial charge on any atom is 0.0951 e. The van der Waals surface area contributed by atoms with Gasteiger partial charge >= 0.3 is 0 Å². The molecule has 100 valence electrons. The molecule has 2 unspecified atom stereocenters. The van der Waals surface area contributed by atoms with Crippen LogP contribution in [0, 0.1) is 5.92 Å². The summed E-state index contributed by atoms with van der Waals surface area (Å²) in [6, 6.07) is 0.689. The quantitative estimate of drug-likeness (QED) is 0.871. The van der Waals surface area contributed by atoms with E-state index >= 15 is 0 Å². The van der Waals surface area contributed by atoms with Crippen molar-refractivity contribution in [2.24, 2.45) is 5.92 Å². The van der Waals surface area contributed by atoms with Gasteiger partial charge in [-0.1, -0.05) is 20.3 Å². The first-order valence-corrected chi connectivity index (χ1v) is 7.44. The van der Waals surface area contributed by atoms with Gasteiger partial charge in [-0.05, 0) is 44.7 Å². The maximum absolute atomic E-state index is 4.46. The minimum atomic E-state index is 0.323. The minimum absolute atomic E-state index is 0.323. The number of hydrogen-bond donors (Lipinski definition) is 1. The van der Waals surface area contributed by atoms with E-state index in [0.29, 0.717) is 11.5 Å². The normalized spacial score (nSPS) is 31.7. The van der Waals surface area contributed by atoms with Crippen molar-refractivity contribution in [3.63, 3.8) is 0 Å². The van der Waals surface area contributed by atoms with Gasteiger partial charge in [-0.15, -0.1) is 0 Å². The Kier molecular flexibility index (Phi) is 3.18. The topological polar surface area (TPSA) is 29.9 Å². The second-order valence-corrected chi connectivity index (χ2v) is 6.47. The third kappa shape index (κ3) is 1.99. The molecule has 1 aliphatic carbocycles. The van der Waals surface area contributed by atoms with Crippen LogP contribution in [0.4, 0.5) is 0 Å². The molecule has 0 spiro atoms. The largest absolute Gasteiger partial charge is 0.331 e.